The summed E-state index contributed by atoms with van der Waals surface area (Å²) in [5.74, 6) is 0.717. The van der Waals surface area contributed by atoms with Crippen LogP contribution in [0.3, 0.4) is 0 Å². The highest BCUT2D eigenvalue weighted by Crippen LogP contribution is 2.36. The first-order chi connectivity index (χ1) is 9.31. The summed E-state index contributed by atoms with van der Waals surface area (Å²) in [7, 11) is 0. The number of para-hydroxylation sites is 1. The fourth-order valence-corrected chi connectivity index (χ4v) is 2.21. The molecule has 1 unspecified atom stereocenters. The number of hydrogen-bond acceptors (Lipinski definition) is 2. The molecular weight excluding hydrogens is 248 g/mol. The van der Waals surface area contributed by atoms with Gasteiger partial charge in [0.15, 0.2) is 0 Å². The van der Waals surface area contributed by atoms with Crippen molar-refractivity contribution in [3.63, 3.8) is 0 Å². The van der Waals surface area contributed by atoms with E-state index in [1.807, 2.05) is 75.4 Å². The van der Waals surface area contributed by atoms with E-state index in [1.165, 1.54) is 0 Å². The van der Waals surface area contributed by atoms with Gasteiger partial charge in [-0.25, -0.2) is 0 Å². The number of ether oxygens (including phenoxy) is 1. The predicted octanol–water partition coefficient (Wildman–Crippen LogP) is 4.12. The van der Waals surface area contributed by atoms with Gasteiger partial charge in [0.25, 0.3) is 0 Å². The summed E-state index contributed by atoms with van der Waals surface area (Å²) >= 11 is 0. The van der Waals surface area contributed by atoms with Crippen LogP contribution in [0.15, 0.2) is 54.6 Å². The molecule has 0 heterocycles. The predicted molar refractivity (Wildman–Crippen MR) is 81.9 cm³/mol. The van der Waals surface area contributed by atoms with Crippen molar-refractivity contribution in [2.24, 2.45) is 0 Å². The number of hydrogen-bond donors (Lipinski definition) is 1. The summed E-state index contributed by atoms with van der Waals surface area (Å²) in [6.45, 7) is 7.80. The molecule has 0 aliphatic heterocycles. The lowest BCUT2D eigenvalue weighted by Crippen LogP contribution is -2.28. The molecule has 2 heteroatoms. The quantitative estimate of drug-likeness (QED) is 0.909. The van der Waals surface area contributed by atoms with Crippen LogP contribution in [0.25, 0.3) is 0 Å². The molecule has 0 radical (unpaired) electrons. The third kappa shape index (κ3) is 3.20. The Morgan fingerprint density at radius 2 is 1.35 bits per heavy atom. The zero-order valence-corrected chi connectivity index (χ0v) is 12.6. The Bertz CT molecular complexity index is 565. The Morgan fingerprint density at radius 1 is 0.800 bits per heavy atom. The summed E-state index contributed by atoms with van der Waals surface area (Å²) in [5, 5.41) is 11.0. The zero-order valence-electron chi connectivity index (χ0n) is 12.6. The van der Waals surface area contributed by atoms with Crippen LogP contribution in [0.5, 0.6) is 5.75 Å². The van der Waals surface area contributed by atoms with Crippen molar-refractivity contribution < 1.29 is 9.84 Å². The molecule has 20 heavy (non-hydrogen) atoms. The first kappa shape index (κ1) is 14.6. The Morgan fingerprint density at radius 3 is 1.95 bits per heavy atom. The van der Waals surface area contributed by atoms with E-state index >= 15 is 0 Å². The Kier molecular flexibility index (Phi) is 3.87. The van der Waals surface area contributed by atoms with Crippen molar-refractivity contribution >= 4 is 0 Å². The van der Waals surface area contributed by atoms with Gasteiger partial charge in [0, 0.05) is 5.56 Å². The third-order valence-electron chi connectivity index (χ3n) is 3.16. The van der Waals surface area contributed by atoms with Crippen molar-refractivity contribution in [3.8, 4) is 5.75 Å². The topological polar surface area (TPSA) is 29.5 Å². The average Bonchev–Trinajstić information content (AvgIpc) is 2.38. The van der Waals surface area contributed by atoms with Gasteiger partial charge in [-0.2, -0.15) is 0 Å². The fraction of sp³-hybridized carbons (Fsp3) is 0.333. The second-order valence-electron chi connectivity index (χ2n) is 6.15. The molecule has 2 rings (SSSR count). The van der Waals surface area contributed by atoms with E-state index in [4.69, 9.17) is 4.74 Å². The average molecular weight is 270 g/mol. The highest BCUT2D eigenvalue weighted by molar-refractivity contribution is 5.44. The van der Waals surface area contributed by atoms with E-state index in [0.29, 0.717) is 5.75 Å². The van der Waals surface area contributed by atoms with E-state index in [9.17, 15) is 5.11 Å². The number of benzene rings is 2. The minimum Gasteiger partial charge on any atom is -0.488 e. The van der Waals surface area contributed by atoms with Crippen LogP contribution < -0.4 is 4.74 Å². The number of rotatable bonds is 3. The Labute approximate surface area is 121 Å². The van der Waals surface area contributed by atoms with Gasteiger partial charge < -0.3 is 9.84 Å². The maximum atomic E-state index is 11.0. The molecule has 0 fully saturated rings. The minimum atomic E-state index is -1.08. The van der Waals surface area contributed by atoms with Crippen LogP contribution in [0.4, 0.5) is 0 Å². The lowest BCUT2D eigenvalue weighted by molar-refractivity contribution is 0.0842. The van der Waals surface area contributed by atoms with E-state index in [-0.39, 0.29) is 5.60 Å². The summed E-state index contributed by atoms with van der Waals surface area (Å²) in [6, 6.07) is 17.3. The van der Waals surface area contributed by atoms with Crippen LogP contribution in [0.2, 0.25) is 0 Å². The molecule has 0 amide bonds. The van der Waals surface area contributed by atoms with Crippen molar-refractivity contribution in [3.05, 3.63) is 65.7 Å². The van der Waals surface area contributed by atoms with E-state index < -0.39 is 5.60 Å². The molecule has 0 bridgehead atoms. The molecule has 2 aromatic rings. The smallest absolute Gasteiger partial charge is 0.126 e. The third-order valence-corrected chi connectivity index (χ3v) is 3.16. The largest absolute Gasteiger partial charge is 0.488 e. The molecule has 0 aliphatic carbocycles. The Hall–Kier alpha value is -1.80. The first-order valence-corrected chi connectivity index (χ1v) is 6.87. The van der Waals surface area contributed by atoms with E-state index in [1.54, 1.807) is 6.92 Å². The highest BCUT2D eigenvalue weighted by Gasteiger charge is 2.29. The molecule has 1 N–H and O–H groups in total. The standard InChI is InChI=1S/C18H22O2/c1-17(2,3)20-16-13-9-8-12-15(16)18(4,19)14-10-6-5-7-11-14/h5-13,19H,1-4H3. The molecular formula is C18H22O2. The van der Waals surface area contributed by atoms with Gasteiger partial charge in [0.1, 0.15) is 17.0 Å². The van der Waals surface area contributed by atoms with E-state index in [2.05, 4.69) is 0 Å². The van der Waals surface area contributed by atoms with Gasteiger partial charge in [0.2, 0.25) is 0 Å². The molecule has 1 atom stereocenters. The van der Waals surface area contributed by atoms with Gasteiger partial charge in [-0.05, 0) is 39.3 Å². The SMILES string of the molecule is CC(C)(C)Oc1ccccc1C(C)(O)c1ccccc1. The first-order valence-electron chi connectivity index (χ1n) is 6.87. The number of aliphatic hydroxyl groups is 1. The van der Waals surface area contributed by atoms with Crippen LogP contribution >= 0.6 is 0 Å². The van der Waals surface area contributed by atoms with E-state index in [0.717, 1.165) is 11.1 Å². The highest BCUT2D eigenvalue weighted by atomic mass is 16.5. The fourth-order valence-electron chi connectivity index (χ4n) is 2.21. The molecule has 0 spiro atoms. The monoisotopic (exact) mass is 270 g/mol. The molecule has 0 saturated carbocycles. The summed E-state index contributed by atoms with van der Waals surface area (Å²) in [6.07, 6.45) is 0. The maximum Gasteiger partial charge on any atom is 0.126 e. The Balaban J connectivity index is 2.47. The van der Waals surface area contributed by atoms with Crippen LogP contribution in [-0.2, 0) is 5.60 Å². The zero-order chi connectivity index (χ0) is 14.8. The van der Waals surface area contributed by atoms with Gasteiger partial charge in [-0.15, -0.1) is 0 Å². The molecule has 2 aromatic carbocycles. The van der Waals surface area contributed by atoms with Crippen molar-refractivity contribution in [1.29, 1.82) is 0 Å². The second kappa shape index (κ2) is 5.29. The van der Waals surface area contributed by atoms with Gasteiger partial charge in [0.05, 0.1) is 0 Å². The van der Waals surface area contributed by atoms with Crippen molar-refractivity contribution in [1.82, 2.24) is 0 Å². The van der Waals surface area contributed by atoms with Gasteiger partial charge in [-0.1, -0.05) is 48.5 Å². The normalized spacial score (nSPS) is 14.7. The minimum absolute atomic E-state index is 0.303. The molecule has 106 valence electrons. The van der Waals surface area contributed by atoms with Crippen LogP contribution in [0.1, 0.15) is 38.8 Å². The summed E-state index contributed by atoms with van der Waals surface area (Å²) < 4.78 is 5.98. The van der Waals surface area contributed by atoms with Gasteiger partial charge >= 0.3 is 0 Å². The second-order valence-corrected chi connectivity index (χ2v) is 6.15. The molecule has 2 nitrogen and oxygen atoms in total. The van der Waals surface area contributed by atoms with Gasteiger partial charge in [-0.3, -0.25) is 0 Å². The maximum absolute atomic E-state index is 11.0. The lowest BCUT2D eigenvalue weighted by Gasteiger charge is -2.30. The molecule has 0 aliphatic rings. The summed E-state index contributed by atoms with van der Waals surface area (Å²) in [4.78, 5) is 0. The van der Waals surface area contributed by atoms with Crippen LogP contribution in [0, 0.1) is 0 Å². The summed E-state index contributed by atoms with van der Waals surface area (Å²) in [5.41, 5.74) is 0.248. The molecule has 0 saturated heterocycles. The van der Waals surface area contributed by atoms with Crippen molar-refractivity contribution in [2.75, 3.05) is 0 Å². The van der Waals surface area contributed by atoms with Crippen molar-refractivity contribution in [2.45, 2.75) is 38.9 Å². The lowest BCUT2D eigenvalue weighted by atomic mass is 9.87. The van der Waals surface area contributed by atoms with Crippen LogP contribution in [-0.4, -0.2) is 10.7 Å². The molecule has 0 aromatic heterocycles.